The summed E-state index contributed by atoms with van der Waals surface area (Å²) in [6.07, 6.45) is 76.1. The quantitative estimate of drug-likeness (QED) is 0.0261. The molecule has 7 atom stereocenters. The molecule has 468 valence electrons. The molecule has 0 saturated carbocycles. The van der Waals surface area contributed by atoms with Gasteiger partial charge in [-0.25, -0.2) is 0 Å². The van der Waals surface area contributed by atoms with Gasteiger partial charge in [0.1, 0.15) is 24.4 Å². The minimum atomic E-state index is -1.58. The van der Waals surface area contributed by atoms with E-state index in [1.54, 1.807) is 6.08 Å². The number of aliphatic hydroxyl groups excluding tert-OH is 5. The molecule has 0 aromatic rings. The normalized spacial score (nSPS) is 18.8. The van der Waals surface area contributed by atoms with Crippen LogP contribution >= 0.6 is 0 Å². The molecule has 1 aliphatic heterocycles. The first-order valence-corrected chi connectivity index (χ1v) is 34.5. The van der Waals surface area contributed by atoms with Crippen LogP contribution in [0.4, 0.5) is 0 Å². The summed E-state index contributed by atoms with van der Waals surface area (Å²) in [7, 11) is 0. The summed E-state index contributed by atoms with van der Waals surface area (Å²) < 4.78 is 11.3. The van der Waals surface area contributed by atoms with Gasteiger partial charge in [-0.1, -0.05) is 306 Å². The molecule has 1 aliphatic rings. The van der Waals surface area contributed by atoms with Crippen LogP contribution in [0.15, 0.2) is 60.8 Å². The zero-order chi connectivity index (χ0) is 57.9. The van der Waals surface area contributed by atoms with Crippen molar-refractivity contribution in [3.05, 3.63) is 60.8 Å². The maximum absolute atomic E-state index is 13.1. The number of nitrogens with one attached hydrogen (secondary N) is 1. The standard InChI is InChI=1S/C71H131NO8/c1-3-5-7-9-11-13-15-17-19-21-23-25-27-29-31-32-33-34-35-37-39-41-43-45-47-49-51-53-55-57-59-61-67(75)72-64(63-79-71-70(78)69(77)68(76)66(62-73)80-71)65(74)60-58-56-54-52-50-48-46-44-42-40-38-36-30-28-26-24-22-20-18-16-14-12-10-8-6-4-2/h15,17,21,23,42,44,50,52,58,60,64-66,68-71,73-74,76-78H,3-14,16,18-20,22,24-41,43,45-49,51,53-57,59,61-63H2,1-2H3,(H,72,75)/b17-15-,23-21-,44-42+,52-50+,60-58+. The van der Waals surface area contributed by atoms with E-state index in [1.807, 2.05) is 6.08 Å². The maximum Gasteiger partial charge on any atom is 0.220 e. The van der Waals surface area contributed by atoms with Crippen molar-refractivity contribution in [3.63, 3.8) is 0 Å². The van der Waals surface area contributed by atoms with Crippen molar-refractivity contribution in [2.45, 2.75) is 371 Å². The maximum atomic E-state index is 13.1. The lowest BCUT2D eigenvalue weighted by atomic mass is 9.99. The summed E-state index contributed by atoms with van der Waals surface area (Å²) in [5.74, 6) is -0.186. The van der Waals surface area contributed by atoms with Gasteiger partial charge in [-0.15, -0.1) is 0 Å². The van der Waals surface area contributed by atoms with Gasteiger partial charge in [-0.2, -0.15) is 0 Å². The van der Waals surface area contributed by atoms with Gasteiger partial charge < -0.3 is 40.3 Å². The number of allylic oxidation sites excluding steroid dienone is 9. The molecule has 0 radical (unpaired) electrons. The molecule has 0 aliphatic carbocycles. The van der Waals surface area contributed by atoms with Crippen LogP contribution in [0.2, 0.25) is 0 Å². The SMILES string of the molecule is CCCCCCC/C=C\C/C=C\CCCCCCCCCCCCCCCCCCCCCC(=O)NC(COC1OC(CO)C(O)C(O)C1O)C(O)/C=C/CC/C=C/CC/C=C/CCCCCCCCCCCCCCCCCC. The number of rotatable bonds is 60. The summed E-state index contributed by atoms with van der Waals surface area (Å²) in [6, 6.07) is -0.830. The van der Waals surface area contributed by atoms with Crippen molar-refractivity contribution in [2.75, 3.05) is 13.2 Å². The smallest absolute Gasteiger partial charge is 0.220 e. The van der Waals surface area contributed by atoms with Gasteiger partial charge >= 0.3 is 0 Å². The molecule has 1 amide bonds. The lowest BCUT2D eigenvalue weighted by Crippen LogP contribution is -2.60. The van der Waals surface area contributed by atoms with Crippen LogP contribution in [-0.2, 0) is 14.3 Å². The lowest BCUT2D eigenvalue weighted by molar-refractivity contribution is -0.302. The number of hydrogen-bond donors (Lipinski definition) is 6. The third-order valence-corrected chi connectivity index (χ3v) is 16.3. The van der Waals surface area contributed by atoms with Crippen molar-refractivity contribution in [1.29, 1.82) is 0 Å². The fourth-order valence-electron chi connectivity index (χ4n) is 10.9. The average Bonchev–Trinajstić information content (AvgIpc) is 3.46. The highest BCUT2D eigenvalue weighted by molar-refractivity contribution is 5.76. The molecule has 1 rings (SSSR count). The number of carbonyl (C=O) groups is 1. The van der Waals surface area contributed by atoms with Crippen LogP contribution in [0, 0.1) is 0 Å². The van der Waals surface area contributed by atoms with E-state index in [2.05, 4.69) is 67.8 Å². The molecule has 0 bridgehead atoms. The Hall–Kier alpha value is -2.11. The van der Waals surface area contributed by atoms with Crippen molar-refractivity contribution in [3.8, 4) is 0 Å². The fraction of sp³-hybridized carbons (Fsp3) is 0.845. The van der Waals surface area contributed by atoms with Crippen molar-refractivity contribution >= 4 is 5.91 Å². The lowest BCUT2D eigenvalue weighted by Gasteiger charge is -2.40. The second kappa shape index (κ2) is 60.0. The molecule has 9 heteroatoms. The van der Waals surface area contributed by atoms with Gasteiger partial charge in [0.15, 0.2) is 6.29 Å². The monoisotopic (exact) mass is 1130 g/mol. The zero-order valence-corrected chi connectivity index (χ0v) is 52.3. The largest absolute Gasteiger partial charge is 0.394 e. The van der Waals surface area contributed by atoms with Crippen LogP contribution in [0.3, 0.4) is 0 Å². The number of carbonyl (C=O) groups excluding carboxylic acids is 1. The molecule has 1 heterocycles. The minimum Gasteiger partial charge on any atom is -0.394 e. The van der Waals surface area contributed by atoms with Gasteiger partial charge in [-0.3, -0.25) is 4.79 Å². The van der Waals surface area contributed by atoms with Crippen LogP contribution in [0.5, 0.6) is 0 Å². The Morgan fingerprint density at radius 2 is 0.750 bits per heavy atom. The van der Waals surface area contributed by atoms with Gasteiger partial charge in [0.2, 0.25) is 5.91 Å². The summed E-state index contributed by atoms with van der Waals surface area (Å²) in [4.78, 5) is 13.1. The zero-order valence-electron chi connectivity index (χ0n) is 52.3. The summed E-state index contributed by atoms with van der Waals surface area (Å²) >= 11 is 0. The second-order valence-electron chi connectivity index (χ2n) is 24.0. The number of unbranched alkanes of at least 4 members (excludes halogenated alkanes) is 42. The van der Waals surface area contributed by atoms with Crippen molar-refractivity contribution in [1.82, 2.24) is 5.32 Å². The Bertz CT molecular complexity index is 1450. The minimum absolute atomic E-state index is 0.186. The first-order chi connectivity index (χ1) is 39.3. The predicted octanol–water partition coefficient (Wildman–Crippen LogP) is 18.6. The first-order valence-electron chi connectivity index (χ1n) is 34.5. The number of aliphatic hydroxyl groups is 5. The molecule has 6 N–H and O–H groups in total. The molecule has 0 aromatic heterocycles. The summed E-state index contributed by atoms with van der Waals surface area (Å²) in [6.45, 7) is 3.79. The highest BCUT2D eigenvalue weighted by atomic mass is 16.7. The molecular weight excluding hydrogens is 995 g/mol. The van der Waals surface area contributed by atoms with Crippen LogP contribution < -0.4 is 5.32 Å². The van der Waals surface area contributed by atoms with Gasteiger partial charge in [0, 0.05) is 6.42 Å². The van der Waals surface area contributed by atoms with E-state index in [9.17, 15) is 30.3 Å². The van der Waals surface area contributed by atoms with Crippen molar-refractivity contribution in [2.24, 2.45) is 0 Å². The van der Waals surface area contributed by atoms with E-state index in [1.165, 1.54) is 257 Å². The Labute approximate surface area is 494 Å². The van der Waals surface area contributed by atoms with Gasteiger partial charge in [0.05, 0.1) is 25.4 Å². The highest BCUT2D eigenvalue weighted by Crippen LogP contribution is 2.23. The fourth-order valence-corrected chi connectivity index (χ4v) is 10.9. The highest BCUT2D eigenvalue weighted by Gasteiger charge is 2.44. The predicted molar refractivity (Wildman–Crippen MR) is 341 cm³/mol. The molecule has 1 fully saturated rings. The Kier molecular flexibility index (Phi) is 57.0. The van der Waals surface area contributed by atoms with Crippen LogP contribution in [0.1, 0.15) is 328 Å². The molecule has 0 aromatic carbocycles. The average molecular weight is 1130 g/mol. The van der Waals surface area contributed by atoms with E-state index in [0.717, 1.165) is 51.4 Å². The van der Waals surface area contributed by atoms with Crippen LogP contribution in [0.25, 0.3) is 0 Å². The molecule has 0 spiro atoms. The molecule has 9 nitrogen and oxygen atoms in total. The van der Waals surface area contributed by atoms with E-state index in [4.69, 9.17) is 9.47 Å². The van der Waals surface area contributed by atoms with E-state index in [0.29, 0.717) is 6.42 Å². The first kappa shape index (κ1) is 75.9. The number of hydrogen-bond acceptors (Lipinski definition) is 8. The van der Waals surface area contributed by atoms with Gasteiger partial charge in [-0.05, 0) is 77.0 Å². The summed E-state index contributed by atoms with van der Waals surface area (Å²) in [5, 5.41) is 54.7. The van der Waals surface area contributed by atoms with Gasteiger partial charge in [0.25, 0.3) is 0 Å². The topological polar surface area (TPSA) is 149 Å². The Balaban J connectivity index is 2.16. The third kappa shape index (κ3) is 48.3. The number of ether oxygens (including phenoxy) is 2. The molecular formula is C71H131NO8. The second-order valence-corrected chi connectivity index (χ2v) is 24.0. The molecule has 7 unspecified atom stereocenters. The molecule has 80 heavy (non-hydrogen) atoms. The van der Waals surface area contributed by atoms with Crippen LogP contribution in [-0.4, -0.2) is 87.5 Å². The third-order valence-electron chi connectivity index (χ3n) is 16.3. The van der Waals surface area contributed by atoms with E-state index >= 15 is 0 Å². The van der Waals surface area contributed by atoms with E-state index in [-0.39, 0.29) is 12.5 Å². The number of amides is 1. The van der Waals surface area contributed by atoms with Crippen molar-refractivity contribution < 1.29 is 39.8 Å². The molecule has 1 saturated heterocycles. The Morgan fingerprint density at radius 1 is 0.425 bits per heavy atom. The summed E-state index contributed by atoms with van der Waals surface area (Å²) in [5.41, 5.74) is 0. The Morgan fingerprint density at radius 3 is 1.12 bits per heavy atom. The van der Waals surface area contributed by atoms with E-state index < -0.39 is 49.5 Å².